The third kappa shape index (κ3) is 5.10. The summed E-state index contributed by atoms with van der Waals surface area (Å²) in [4.78, 5) is 12.2. The molecule has 1 N–H and O–H groups in total. The smallest absolute Gasteiger partial charge is 0.226 e. The molecule has 9 heteroatoms. The quantitative estimate of drug-likeness (QED) is 0.533. The monoisotopic (exact) mass is 433 g/mol. The van der Waals surface area contributed by atoms with E-state index >= 15 is 0 Å². The molecule has 1 aromatic heterocycles. The first kappa shape index (κ1) is 23.2. The van der Waals surface area contributed by atoms with Gasteiger partial charge in [-0.1, -0.05) is 39.3 Å². The minimum atomic E-state index is -1.50. The molecule has 2 rings (SSSR count). The van der Waals surface area contributed by atoms with Gasteiger partial charge in [0.25, 0.3) is 0 Å². The van der Waals surface area contributed by atoms with Gasteiger partial charge in [0.05, 0.1) is 22.8 Å². The van der Waals surface area contributed by atoms with E-state index in [1.807, 2.05) is 6.92 Å². The average Bonchev–Trinajstić information content (AvgIpc) is 2.90. The third-order valence-corrected chi connectivity index (χ3v) is 4.88. The fraction of sp³-hybridized carbons (Fsp3) is 0.500. The molecule has 1 amide bonds. The Morgan fingerprint density at radius 3 is 2.03 bits per heavy atom. The van der Waals surface area contributed by atoms with Gasteiger partial charge >= 0.3 is 0 Å². The zero-order valence-electron chi connectivity index (χ0n) is 17.0. The lowest BCUT2D eigenvalue weighted by molar-refractivity contribution is -0.120. The first-order valence-electron chi connectivity index (χ1n) is 9.18. The van der Waals surface area contributed by atoms with Gasteiger partial charge in [-0.2, -0.15) is 5.10 Å². The van der Waals surface area contributed by atoms with Crippen LogP contribution in [0.1, 0.15) is 50.2 Å². The summed E-state index contributed by atoms with van der Waals surface area (Å²) in [7, 11) is 1.62. The number of hydrogen-bond donors (Lipinski definition) is 1. The summed E-state index contributed by atoms with van der Waals surface area (Å²) >= 11 is 6.17. The first-order valence-corrected chi connectivity index (χ1v) is 9.55. The van der Waals surface area contributed by atoms with E-state index in [9.17, 15) is 22.4 Å². The molecule has 0 aliphatic rings. The van der Waals surface area contributed by atoms with Gasteiger partial charge in [-0.05, 0) is 18.3 Å². The number of carbonyl (C=O) groups is 1. The fourth-order valence-electron chi connectivity index (χ4n) is 2.98. The van der Waals surface area contributed by atoms with Crippen molar-refractivity contribution in [1.29, 1.82) is 0 Å². The Balaban J connectivity index is 2.21. The molecule has 4 nitrogen and oxygen atoms in total. The number of carbonyl (C=O) groups excluding carboxylic acids is 1. The maximum atomic E-state index is 14.4. The van der Waals surface area contributed by atoms with Crippen LogP contribution < -0.4 is 5.32 Å². The van der Waals surface area contributed by atoms with Crippen molar-refractivity contribution < 1.29 is 22.4 Å². The van der Waals surface area contributed by atoms with Crippen LogP contribution in [0.25, 0.3) is 0 Å². The summed E-state index contributed by atoms with van der Waals surface area (Å²) in [6, 6.07) is 0. The third-order valence-electron chi connectivity index (χ3n) is 4.45. The van der Waals surface area contributed by atoms with Crippen LogP contribution in [-0.2, 0) is 37.6 Å². The molecule has 0 fully saturated rings. The SMILES string of the molecule is CCc1nn(C)c(CC(=O)NCc2c(F)c(F)c(CC(C)(C)C)c(F)c2F)c1Cl. The number of aromatic nitrogens is 2. The van der Waals surface area contributed by atoms with Crippen LogP contribution in [0, 0.1) is 28.7 Å². The lowest BCUT2D eigenvalue weighted by Gasteiger charge is -2.20. The molecular weight excluding hydrogens is 410 g/mol. The standard InChI is InChI=1S/C20H24ClF4N3O/c1-6-12-15(21)13(28(5)27-12)7-14(29)26-9-11-18(24)16(22)10(8-20(2,3)4)17(23)19(11)25/h6-9H2,1-5H3,(H,26,29). The normalized spacial score (nSPS) is 11.8. The molecule has 0 bridgehead atoms. The molecule has 0 aliphatic heterocycles. The van der Waals surface area contributed by atoms with E-state index in [0.29, 0.717) is 22.8 Å². The molecule has 0 unspecified atom stereocenters. The Hall–Kier alpha value is -2.09. The van der Waals surface area contributed by atoms with E-state index in [0.717, 1.165) is 0 Å². The van der Waals surface area contributed by atoms with Crippen molar-refractivity contribution >= 4 is 17.5 Å². The maximum absolute atomic E-state index is 14.4. The second-order valence-corrected chi connectivity index (χ2v) is 8.47. The summed E-state index contributed by atoms with van der Waals surface area (Å²) in [6.07, 6.45) is 0.201. The van der Waals surface area contributed by atoms with Crippen LogP contribution >= 0.6 is 11.6 Å². The van der Waals surface area contributed by atoms with Crippen LogP contribution in [-0.4, -0.2) is 15.7 Å². The van der Waals surface area contributed by atoms with Crippen molar-refractivity contribution in [2.24, 2.45) is 12.5 Å². The van der Waals surface area contributed by atoms with Crippen molar-refractivity contribution in [3.63, 3.8) is 0 Å². The minimum absolute atomic E-state index is 0.177. The van der Waals surface area contributed by atoms with Gasteiger partial charge in [0.1, 0.15) is 0 Å². The summed E-state index contributed by atoms with van der Waals surface area (Å²) < 4.78 is 58.8. The van der Waals surface area contributed by atoms with Crippen LogP contribution in [0.5, 0.6) is 0 Å². The molecular formula is C20H24ClF4N3O. The van der Waals surface area contributed by atoms with Crippen molar-refractivity contribution in [1.82, 2.24) is 15.1 Å². The first-order chi connectivity index (χ1) is 13.4. The molecule has 0 radical (unpaired) electrons. The Morgan fingerprint density at radius 2 is 1.59 bits per heavy atom. The fourth-order valence-corrected chi connectivity index (χ4v) is 3.34. The van der Waals surface area contributed by atoms with Gasteiger partial charge in [0.15, 0.2) is 23.3 Å². The number of rotatable bonds is 6. The zero-order chi connectivity index (χ0) is 22.1. The van der Waals surface area contributed by atoms with Crippen molar-refractivity contribution in [3.05, 3.63) is 50.8 Å². The number of amides is 1. The molecule has 0 saturated carbocycles. The van der Waals surface area contributed by atoms with E-state index in [-0.39, 0.29) is 12.8 Å². The molecule has 1 aromatic carbocycles. The van der Waals surface area contributed by atoms with E-state index < -0.39 is 52.3 Å². The van der Waals surface area contributed by atoms with E-state index in [1.165, 1.54) is 4.68 Å². The minimum Gasteiger partial charge on any atom is -0.351 e. The Morgan fingerprint density at radius 1 is 1.07 bits per heavy atom. The molecule has 0 atom stereocenters. The molecule has 29 heavy (non-hydrogen) atoms. The highest BCUT2D eigenvalue weighted by Gasteiger charge is 2.28. The van der Waals surface area contributed by atoms with Crippen LogP contribution in [0.15, 0.2) is 0 Å². The zero-order valence-corrected chi connectivity index (χ0v) is 17.8. The number of aryl methyl sites for hydroxylation is 2. The van der Waals surface area contributed by atoms with Gasteiger partial charge in [-0.3, -0.25) is 9.48 Å². The van der Waals surface area contributed by atoms with E-state index in [4.69, 9.17) is 11.6 Å². The van der Waals surface area contributed by atoms with Crippen LogP contribution in [0.3, 0.4) is 0 Å². The van der Waals surface area contributed by atoms with Crippen molar-refractivity contribution in [2.75, 3.05) is 0 Å². The number of nitrogens with zero attached hydrogens (tertiary/aromatic N) is 2. The van der Waals surface area contributed by atoms with Crippen LogP contribution in [0.2, 0.25) is 5.02 Å². The molecule has 0 saturated heterocycles. The second-order valence-electron chi connectivity index (χ2n) is 8.09. The molecule has 160 valence electrons. The highest BCUT2D eigenvalue weighted by Crippen LogP contribution is 2.30. The largest absolute Gasteiger partial charge is 0.351 e. The predicted octanol–water partition coefficient (Wildman–Crippen LogP) is 4.64. The summed E-state index contributed by atoms with van der Waals surface area (Å²) in [5, 5.41) is 6.80. The van der Waals surface area contributed by atoms with Crippen LogP contribution in [0.4, 0.5) is 17.6 Å². The summed E-state index contributed by atoms with van der Waals surface area (Å²) in [5.41, 5.74) is -1.03. The second kappa shape index (κ2) is 8.73. The summed E-state index contributed by atoms with van der Waals surface area (Å²) in [6.45, 7) is 6.25. The van der Waals surface area contributed by atoms with E-state index in [1.54, 1.807) is 27.8 Å². The maximum Gasteiger partial charge on any atom is 0.226 e. The number of nitrogens with one attached hydrogen (secondary N) is 1. The lowest BCUT2D eigenvalue weighted by Crippen LogP contribution is -2.27. The molecule has 1 heterocycles. The summed E-state index contributed by atoms with van der Waals surface area (Å²) in [5.74, 6) is -6.50. The number of benzene rings is 1. The Labute approximate surface area is 172 Å². The topological polar surface area (TPSA) is 46.9 Å². The van der Waals surface area contributed by atoms with Gasteiger partial charge in [0, 0.05) is 24.7 Å². The molecule has 2 aromatic rings. The van der Waals surface area contributed by atoms with E-state index in [2.05, 4.69) is 10.4 Å². The Bertz CT molecular complexity index is 906. The van der Waals surface area contributed by atoms with Gasteiger partial charge in [0.2, 0.25) is 5.91 Å². The van der Waals surface area contributed by atoms with Crippen molar-refractivity contribution in [3.8, 4) is 0 Å². The molecule has 0 spiro atoms. The van der Waals surface area contributed by atoms with Gasteiger partial charge < -0.3 is 5.32 Å². The highest BCUT2D eigenvalue weighted by molar-refractivity contribution is 6.32. The number of halogens is 5. The van der Waals surface area contributed by atoms with Crippen molar-refractivity contribution in [2.45, 2.75) is 53.5 Å². The number of hydrogen-bond acceptors (Lipinski definition) is 2. The van der Waals surface area contributed by atoms with Gasteiger partial charge in [-0.15, -0.1) is 0 Å². The molecule has 0 aliphatic carbocycles. The lowest BCUT2D eigenvalue weighted by atomic mass is 9.87. The Kier molecular flexibility index (Phi) is 6.98. The van der Waals surface area contributed by atoms with Gasteiger partial charge in [-0.25, -0.2) is 17.6 Å². The highest BCUT2D eigenvalue weighted by atomic mass is 35.5. The average molecular weight is 434 g/mol. The predicted molar refractivity (Wildman–Crippen MR) is 103 cm³/mol.